The van der Waals surface area contributed by atoms with Crippen LogP contribution in [0.5, 0.6) is 0 Å². The van der Waals surface area contributed by atoms with Crippen LogP contribution in [0.25, 0.3) is 0 Å². The number of rotatable bonds is 4. The van der Waals surface area contributed by atoms with Gasteiger partial charge in [0.2, 0.25) is 0 Å². The van der Waals surface area contributed by atoms with E-state index in [9.17, 15) is 0 Å². The molecule has 2 atom stereocenters. The molecule has 23 heavy (non-hydrogen) atoms. The fourth-order valence-corrected chi connectivity index (χ4v) is 5.21. The minimum absolute atomic E-state index is 0.132. The van der Waals surface area contributed by atoms with Gasteiger partial charge in [0.25, 0.3) is 0 Å². The molecule has 2 unspecified atom stereocenters. The first kappa shape index (κ1) is 16.9. The predicted octanol–water partition coefficient (Wildman–Crippen LogP) is 4.23. The van der Waals surface area contributed by atoms with Crippen molar-refractivity contribution in [1.29, 1.82) is 0 Å². The van der Waals surface area contributed by atoms with E-state index >= 15 is 0 Å². The Kier molecular flexibility index (Phi) is 5.08. The van der Waals surface area contributed by atoms with E-state index in [-0.39, 0.29) is 6.10 Å². The highest BCUT2D eigenvalue weighted by Crippen LogP contribution is 2.38. The zero-order chi connectivity index (χ0) is 16.4. The third-order valence-corrected chi connectivity index (χ3v) is 6.80. The van der Waals surface area contributed by atoms with Crippen LogP contribution in [0.1, 0.15) is 19.4 Å². The van der Waals surface area contributed by atoms with Crippen LogP contribution < -0.4 is 10.6 Å². The lowest BCUT2D eigenvalue weighted by atomic mass is 10.2. The van der Waals surface area contributed by atoms with Crippen LogP contribution in [0.2, 0.25) is 5.02 Å². The van der Waals surface area contributed by atoms with Crippen LogP contribution in [0.4, 0.5) is 0 Å². The molecule has 2 aromatic carbocycles. The average molecular weight is 349 g/mol. The summed E-state index contributed by atoms with van der Waals surface area (Å²) in [5.41, 5.74) is 1.28. The van der Waals surface area contributed by atoms with Crippen LogP contribution >= 0.6 is 19.5 Å². The van der Waals surface area contributed by atoms with Crippen molar-refractivity contribution in [2.45, 2.75) is 32.7 Å². The first-order chi connectivity index (χ1) is 10.9. The van der Waals surface area contributed by atoms with Gasteiger partial charge in [0.15, 0.2) is 5.79 Å². The van der Waals surface area contributed by atoms with Gasteiger partial charge in [-0.2, -0.15) is 0 Å². The lowest BCUT2D eigenvalue weighted by Gasteiger charge is -2.23. The van der Waals surface area contributed by atoms with Gasteiger partial charge in [0.1, 0.15) is 0 Å². The van der Waals surface area contributed by atoms with Crippen LogP contribution in [-0.4, -0.2) is 24.7 Å². The summed E-state index contributed by atoms with van der Waals surface area (Å²) in [5, 5.41) is 3.46. The van der Waals surface area contributed by atoms with Gasteiger partial charge in [0, 0.05) is 11.2 Å². The molecule has 1 saturated heterocycles. The summed E-state index contributed by atoms with van der Waals surface area (Å²) in [6.07, 6.45) is 1.09. The highest BCUT2D eigenvalue weighted by Gasteiger charge is 2.34. The van der Waals surface area contributed by atoms with Gasteiger partial charge in [-0.25, -0.2) is 0 Å². The second-order valence-electron chi connectivity index (χ2n) is 6.37. The van der Waals surface area contributed by atoms with Gasteiger partial charge in [-0.15, -0.1) is 0 Å². The van der Waals surface area contributed by atoms with Gasteiger partial charge in [-0.1, -0.05) is 53.6 Å². The second-order valence-corrected chi connectivity index (χ2v) is 9.06. The van der Waals surface area contributed by atoms with Crippen LogP contribution in [0.15, 0.2) is 48.5 Å². The van der Waals surface area contributed by atoms with Crippen molar-refractivity contribution in [3.05, 3.63) is 59.1 Å². The second kappa shape index (κ2) is 6.91. The Labute approximate surface area is 144 Å². The molecule has 0 aromatic heterocycles. The van der Waals surface area contributed by atoms with Gasteiger partial charge in [0.05, 0.1) is 12.7 Å². The fourth-order valence-electron chi connectivity index (χ4n) is 2.76. The van der Waals surface area contributed by atoms with Crippen molar-refractivity contribution < 1.29 is 9.47 Å². The van der Waals surface area contributed by atoms with E-state index in [1.54, 1.807) is 0 Å². The molecule has 0 saturated carbocycles. The smallest absolute Gasteiger partial charge is 0.163 e. The monoisotopic (exact) mass is 348 g/mol. The number of ether oxygens (including phenoxy) is 2. The Morgan fingerprint density at radius 2 is 1.61 bits per heavy atom. The normalized spacial score (nSPS) is 21.3. The number of hydrogen-bond donors (Lipinski definition) is 0. The van der Waals surface area contributed by atoms with Crippen molar-refractivity contribution in [3.8, 4) is 0 Å². The summed E-state index contributed by atoms with van der Waals surface area (Å²) in [4.78, 5) is 0. The van der Waals surface area contributed by atoms with Gasteiger partial charge in [-0.3, -0.25) is 0 Å². The average Bonchev–Trinajstić information content (AvgIpc) is 2.86. The predicted molar refractivity (Wildman–Crippen MR) is 98.6 cm³/mol. The molecule has 0 bridgehead atoms. The quantitative estimate of drug-likeness (QED) is 0.770. The van der Waals surface area contributed by atoms with E-state index in [0.717, 1.165) is 11.2 Å². The standard InChI is InChI=1S/C19H22ClO2P/c1-14-4-8-17(9-5-14)23(18-10-6-15(20)7-11-18)13-16-12-21-19(2,3)22-16/h4-11,16H,12-13H2,1-3H3. The molecule has 0 amide bonds. The van der Waals surface area contributed by atoms with Crippen LogP contribution in [-0.2, 0) is 9.47 Å². The zero-order valence-corrected chi connectivity index (χ0v) is 15.4. The van der Waals surface area contributed by atoms with Crippen molar-refractivity contribution in [2.24, 2.45) is 0 Å². The van der Waals surface area contributed by atoms with E-state index in [0.29, 0.717) is 6.61 Å². The molecular formula is C19H22ClO2P. The Hall–Kier alpha value is -0.920. The molecule has 0 aliphatic carbocycles. The summed E-state index contributed by atoms with van der Waals surface area (Å²) in [7, 11) is -0.492. The molecule has 0 spiro atoms. The molecule has 1 aliphatic rings. The van der Waals surface area contributed by atoms with E-state index in [2.05, 4.69) is 43.3 Å². The van der Waals surface area contributed by atoms with Crippen LogP contribution in [0, 0.1) is 6.92 Å². The Morgan fingerprint density at radius 1 is 1.04 bits per heavy atom. The fraction of sp³-hybridized carbons (Fsp3) is 0.368. The third-order valence-electron chi connectivity index (χ3n) is 3.94. The first-order valence-electron chi connectivity index (χ1n) is 7.84. The molecule has 1 heterocycles. The lowest BCUT2D eigenvalue weighted by Crippen LogP contribution is -2.26. The minimum Gasteiger partial charge on any atom is -0.348 e. The third kappa shape index (κ3) is 4.33. The summed E-state index contributed by atoms with van der Waals surface area (Å²) in [6, 6.07) is 17.0. The number of hydrogen-bond acceptors (Lipinski definition) is 2. The topological polar surface area (TPSA) is 18.5 Å². The molecular weight excluding hydrogens is 327 g/mol. The van der Waals surface area contributed by atoms with Crippen molar-refractivity contribution >= 4 is 30.1 Å². The van der Waals surface area contributed by atoms with Crippen molar-refractivity contribution in [2.75, 3.05) is 12.8 Å². The molecule has 2 aromatic rings. The highest BCUT2D eigenvalue weighted by molar-refractivity contribution is 7.73. The van der Waals surface area contributed by atoms with Gasteiger partial charge < -0.3 is 9.47 Å². The Bertz CT molecular complexity index is 607. The van der Waals surface area contributed by atoms with E-state index in [1.807, 2.05) is 26.0 Å². The van der Waals surface area contributed by atoms with Gasteiger partial charge >= 0.3 is 0 Å². The molecule has 1 fully saturated rings. The summed E-state index contributed by atoms with van der Waals surface area (Å²) >= 11 is 6.05. The van der Waals surface area contributed by atoms with Crippen molar-refractivity contribution in [1.82, 2.24) is 0 Å². The Balaban J connectivity index is 1.87. The highest BCUT2D eigenvalue weighted by atomic mass is 35.5. The maximum Gasteiger partial charge on any atom is 0.163 e. The first-order valence-corrected chi connectivity index (χ1v) is 9.75. The molecule has 122 valence electrons. The minimum atomic E-state index is -0.492. The zero-order valence-electron chi connectivity index (χ0n) is 13.8. The van der Waals surface area contributed by atoms with E-state index in [1.165, 1.54) is 16.2 Å². The maximum atomic E-state index is 6.05. The summed E-state index contributed by atoms with van der Waals surface area (Å²) in [6.45, 7) is 6.73. The SMILES string of the molecule is Cc1ccc(P(CC2COC(C)(C)O2)c2ccc(Cl)cc2)cc1. The number of aryl methyl sites for hydroxylation is 1. The number of halogens is 1. The van der Waals surface area contributed by atoms with Crippen molar-refractivity contribution in [3.63, 3.8) is 0 Å². The molecule has 4 heteroatoms. The van der Waals surface area contributed by atoms with Gasteiger partial charge in [-0.05, 0) is 51.4 Å². The summed E-state index contributed by atoms with van der Waals surface area (Å²) in [5.74, 6) is -0.473. The molecule has 0 radical (unpaired) electrons. The van der Waals surface area contributed by atoms with E-state index in [4.69, 9.17) is 21.1 Å². The summed E-state index contributed by atoms with van der Waals surface area (Å²) < 4.78 is 11.8. The number of benzene rings is 2. The molecule has 2 nitrogen and oxygen atoms in total. The molecule has 1 aliphatic heterocycles. The maximum absolute atomic E-state index is 6.05. The van der Waals surface area contributed by atoms with Crippen LogP contribution in [0.3, 0.4) is 0 Å². The molecule has 3 rings (SSSR count). The lowest BCUT2D eigenvalue weighted by molar-refractivity contribution is -0.135. The molecule has 0 N–H and O–H groups in total. The Morgan fingerprint density at radius 3 is 2.13 bits per heavy atom. The van der Waals surface area contributed by atoms with E-state index < -0.39 is 13.7 Å². The largest absolute Gasteiger partial charge is 0.348 e.